The second kappa shape index (κ2) is 7.95. The normalized spacial score (nSPS) is 16.0. The molecule has 0 bridgehead atoms. The van der Waals surface area contributed by atoms with Crippen LogP contribution in [0.1, 0.15) is 18.4 Å². The topological polar surface area (TPSA) is 67.4 Å². The molecule has 0 fully saturated rings. The number of carbonyl (C=O) groups is 2. The maximum absolute atomic E-state index is 12.4. The van der Waals surface area contributed by atoms with E-state index in [2.05, 4.69) is 15.4 Å². The highest BCUT2D eigenvalue weighted by molar-refractivity contribution is 5.97. The monoisotopic (exact) mass is 360 g/mol. The van der Waals surface area contributed by atoms with Gasteiger partial charge in [-0.2, -0.15) is 8.78 Å². The van der Waals surface area contributed by atoms with Gasteiger partial charge in [0.05, 0.1) is 5.69 Å². The van der Waals surface area contributed by atoms with Gasteiger partial charge in [0.1, 0.15) is 5.75 Å². The third kappa shape index (κ3) is 4.36. The molecule has 1 heterocycles. The van der Waals surface area contributed by atoms with E-state index in [0.717, 1.165) is 11.3 Å². The SMILES string of the molecule is O=C(CCC1Cc2ccccc2NC1=O)Nc1ccccc1OC(F)F. The minimum Gasteiger partial charge on any atom is -0.433 e. The summed E-state index contributed by atoms with van der Waals surface area (Å²) >= 11 is 0. The van der Waals surface area contributed by atoms with Crippen molar-refractivity contribution in [1.29, 1.82) is 0 Å². The summed E-state index contributed by atoms with van der Waals surface area (Å²) in [5.74, 6) is -0.872. The van der Waals surface area contributed by atoms with Gasteiger partial charge in [-0.3, -0.25) is 9.59 Å². The predicted molar refractivity (Wildman–Crippen MR) is 93.2 cm³/mol. The molecular formula is C19H18F2N2O3. The Bertz CT molecular complexity index is 811. The van der Waals surface area contributed by atoms with Crippen molar-refractivity contribution < 1.29 is 23.1 Å². The van der Waals surface area contributed by atoms with Crippen LogP contribution in [0.15, 0.2) is 48.5 Å². The first-order chi connectivity index (χ1) is 12.5. The van der Waals surface area contributed by atoms with E-state index >= 15 is 0 Å². The Morgan fingerprint density at radius 3 is 2.73 bits per heavy atom. The highest BCUT2D eigenvalue weighted by atomic mass is 19.3. The molecule has 0 aromatic heterocycles. The third-order valence-electron chi connectivity index (χ3n) is 4.21. The summed E-state index contributed by atoms with van der Waals surface area (Å²) in [6, 6.07) is 13.5. The van der Waals surface area contributed by atoms with Crippen LogP contribution in [0.3, 0.4) is 0 Å². The van der Waals surface area contributed by atoms with E-state index in [1.54, 1.807) is 6.07 Å². The van der Waals surface area contributed by atoms with Crippen molar-refractivity contribution in [2.75, 3.05) is 10.6 Å². The van der Waals surface area contributed by atoms with Crippen LogP contribution in [0.2, 0.25) is 0 Å². The largest absolute Gasteiger partial charge is 0.433 e. The molecule has 2 aromatic rings. The second-order valence-corrected chi connectivity index (χ2v) is 6.01. The lowest BCUT2D eigenvalue weighted by Crippen LogP contribution is -2.30. The number of hydrogen-bond acceptors (Lipinski definition) is 3. The van der Waals surface area contributed by atoms with E-state index in [9.17, 15) is 18.4 Å². The Labute approximate surface area is 149 Å². The third-order valence-corrected chi connectivity index (χ3v) is 4.21. The number of alkyl halides is 2. The Morgan fingerprint density at radius 1 is 1.19 bits per heavy atom. The van der Waals surface area contributed by atoms with Gasteiger partial charge in [-0.15, -0.1) is 0 Å². The molecule has 7 heteroatoms. The number of fused-ring (bicyclic) bond motifs is 1. The Morgan fingerprint density at radius 2 is 1.92 bits per heavy atom. The van der Waals surface area contributed by atoms with Crippen molar-refractivity contribution in [3.05, 3.63) is 54.1 Å². The lowest BCUT2D eigenvalue weighted by Gasteiger charge is -2.24. The van der Waals surface area contributed by atoms with Gasteiger partial charge in [0.25, 0.3) is 0 Å². The van der Waals surface area contributed by atoms with E-state index in [-0.39, 0.29) is 35.6 Å². The van der Waals surface area contributed by atoms with E-state index in [1.165, 1.54) is 18.2 Å². The van der Waals surface area contributed by atoms with Crippen LogP contribution in [0.5, 0.6) is 5.75 Å². The predicted octanol–water partition coefficient (Wildman–Crippen LogP) is 3.82. The Kier molecular flexibility index (Phi) is 5.46. The van der Waals surface area contributed by atoms with Crippen molar-refractivity contribution in [3.8, 4) is 5.75 Å². The van der Waals surface area contributed by atoms with Crippen LogP contribution in [0.4, 0.5) is 20.2 Å². The van der Waals surface area contributed by atoms with Crippen LogP contribution in [0.25, 0.3) is 0 Å². The molecule has 1 unspecified atom stereocenters. The van der Waals surface area contributed by atoms with Gasteiger partial charge in [-0.25, -0.2) is 0 Å². The molecule has 2 amide bonds. The molecule has 1 aliphatic heterocycles. The van der Waals surface area contributed by atoms with Gasteiger partial charge in [0, 0.05) is 18.0 Å². The maximum atomic E-state index is 12.4. The van der Waals surface area contributed by atoms with Gasteiger partial charge >= 0.3 is 6.61 Å². The summed E-state index contributed by atoms with van der Waals surface area (Å²) in [6.45, 7) is -2.97. The van der Waals surface area contributed by atoms with Crippen molar-refractivity contribution in [3.63, 3.8) is 0 Å². The molecule has 0 saturated carbocycles. The number of rotatable bonds is 6. The number of para-hydroxylation sites is 3. The minimum atomic E-state index is -2.97. The standard InChI is InChI=1S/C19H18F2N2O3/c20-19(21)26-16-8-4-3-7-15(16)22-17(24)10-9-13-11-12-5-1-2-6-14(12)23-18(13)25/h1-8,13,19H,9-11H2,(H,22,24)(H,23,25). The van der Waals surface area contributed by atoms with Crippen molar-refractivity contribution in [2.24, 2.45) is 5.92 Å². The van der Waals surface area contributed by atoms with Crippen LogP contribution in [-0.2, 0) is 16.0 Å². The number of anilines is 2. The smallest absolute Gasteiger partial charge is 0.387 e. The number of halogens is 2. The van der Waals surface area contributed by atoms with Gasteiger partial charge < -0.3 is 15.4 Å². The zero-order valence-corrected chi connectivity index (χ0v) is 13.9. The number of hydrogen-bond donors (Lipinski definition) is 2. The van der Waals surface area contributed by atoms with Crippen molar-refractivity contribution >= 4 is 23.2 Å². The lowest BCUT2D eigenvalue weighted by molar-refractivity contribution is -0.121. The molecule has 26 heavy (non-hydrogen) atoms. The highest BCUT2D eigenvalue weighted by Gasteiger charge is 2.26. The minimum absolute atomic E-state index is 0.0970. The van der Waals surface area contributed by atoms with Gasteiger partial charge in [0.2, 0.25) is 11.8 Å². The van der Waals surface area contributed by atoms with Crippen LogP contribution >= 0.6 is 0 Å². The lowest BCUT2D eigenvalue weighted by atomic mass is 9.89. The van der Waals surface area contributed by atoms with E-state index in [0.29, 0.717) is 12.8 Å². The first-order valence-corrected chi connectivity index (χ1v) is 8.25. The fourth-order valence-electron chi connectivity index (χ4n) is 2.93. The molecule has 136 valence electrons. The van der Waals surface area contributed by atoms with Crippen molar-refractivity contribution in [1.82, 2.24) is 0 Å². The van der Waals surface area contributed by atoms with Gasteiger partial charge in [-0.1, -0.05) is 30.3 Å². The van der Waals surface area contributed by atoms with Gasteiger partial charge in [-0.05, 0) is 36.6 Å². The van der Waals surface area contributed by atoms with E-state index < -0.39 is 6.61 Å². The molecule has 2 aromatic carbocycles. The summed E-state index contributed by atoms with van der Waals surface area (Å²) < 4.78 is 29.2. The number of carbonyl (C=O) groups excluding carboxylic acids is 2. The number of amides is 2. The molecule has 0 aliphatic carbocycles. The number of benzene rings is 2. The first kappa shape index (κ1) is 17.8. The summed E-state index contributed by atoms with van der Waals surface area (Å²) in [4.78, 5) is 24.3. The molecule has 0 radical (unpaired) electrons. The van der Waals surface area contributed by atoms with Crippen molar-refractivity contribution in [2.45, 2.75) is 25.9 Å². The summed E-state index contributed by atoms with van der Waals surface area (Å²) in [5, 5.41) is 5.40. The van der Waals surface area contributed by atoms with Gasteiger partial charge in [0.15, 0.2) is 0 Å². The van der Waals surface area contributed by atoms with E-state index in [4.69, 9.17) is 0 Å². The second-order valence-electron chi connectivity index (χ2n) is 6.01. The molecule has 5 nitrogen and oxygen atoms in total. The van der Waals surface area contributed by atoms with Crippen LogP contribution < -0.4 is 15.4 Å². The summed E-state index contributed by atoms with van der Waals surface area (Å²) in [7, 11) is 0. The zero-order chi connectivity index (χ0) is 18.5. The first-order valence-electron chi connectivity index (χ1n) is 8.25. The fraction of sp³-hybridized carbons (Fsp3) is 0.263. The van der Waals surface area contributed by atoms with Crippen LogP contribution in [0, 0.1) is 5.92 Å². The molecule has 1 atom stereocenters. The molecule has 2 N–H and O–H groups in total. The highest BCUT2D eigenvalue weighted by Crippen LogP contribution is 2.29. The Hall–Kier alpha value is -2.96. The Balaban J connectivity index is 1.58. The summed E-state index contributed by atoms with van der Waals surface area (Å²) in [6.07, 6.45) is 1.04. The fourth-order valence-corrected chi connectivity index (χ4v) is 2.93. The quantitative estimate of drug-likeness (QED) is 0.823. The molecular weight excluding hydrogens is 342 g/mol. The molecule has 0 spiro atoms. The molecule has 0 saturated heterocycles. The number of ether oxygens (including phenoxy) is 1. The zero-order valence-electron chi connectivity index (χ0n) is 13.9. The average molecular weight is 360 g/mol. The summed E-state index contributed by atoms with van der Waals surface area (Å²) in [5.41, 5.74) is 2.01. The maximum Gasteiger partial charge on any atom is 0.387 e. The average Bonchev–Trinajstić information content (AvgIpc) is 2.61. The van der Waals surface area contributed by atoms with E-state index in [1.807, 2.05) is 24.3 Å². The number of nitrogens with one attached hydrogen (secondary N) is 2. The molecule has 3 rings (SSSR count). The van der Waals surface area contributed by atoms with Crippen LogP contribution in [-0.4, -0.2) is 18.4 Å². The molecule has 1 aliphatic rings.